The van der Waals surface area contributed by atoms with Crippen molar-refractivity contribution in [2.45, 2.75) is 39.7 Å². The van der Waals surface area contributed by atoms with Crippen molar-refractivity contribution in [3.05, 3.63) is 62.5 Å². The number of carbonyl (C=O) groups is 1. The number of benzene rings is 1. The van der Waals surface area contributed by atoms with Crippen LogP contribution in [0.5, 0.6) is 0 Å². The summed E-state index contributed by atoms with van der Waals surface area (Å²) in [6.45, 7) is 7.23. The van der Waals surface area contributed by atoms with Crippen LogP contribution < -0.4 is 11.1 Å². The van der Waals surface area contributed by atoms with Crippen molar-refractivity contribution < 1.29 is 4.79 Å². The molecular formula is C22H25ClN6OS. The van der Waals surface area contributed by atoms with Crippen LogP contribution in [0.2, 0.25) is 5.02 Å². The van der Waals surface area contributed by atoms with Gasteiger partial charge in [-0.05, 0) is 51.4 Å². The van der Waals surface area contributed by atoms with E-state index < -0.39 is 6.04 Å². The van der Waals surface area contributed by atoms with Crippen LogP contribution in [-0.2, 0) is 4.79 Å². The zero-order valence-corrected chi connectivity index (χ0v) is 19.3. The summed E-state index contributed by atoms with van der Waals surface area (Å²) in [6.07, 6.45) is 0.924. The number of aryl methyl sites for hydroxylation is 2. The third-order valence-electron chi connectivity index (χ3n) is 5.44. The smallest absolute Gasteiger partial charge is 0.222 e. The van der Waals surface area contributed by atoms with E-state index in [0.717, 1.165) is 34.1 Å². The summed E-state index contributed by atoms with van der Waals surface area (Å²) >= 11 is 7.82. The largest absolute Gasteiger partial charge is 0.356 e. The highest BCUT2D eigenvalue weighted by molar-refractivity contribution is 7.15. The van der Waals surface area contributed by atoms with Crippen LogP contribution in [0.4, 0.5) is 0 Å². The Morgan fingerprint density at radius 1 is 1.23 bits per heavy atom. The first-order valence-corrected chi connectivity index (χ1v) is 11.4. The van der Waals surface area contributed by atoms with Gasteiger partial charge >= 0.3 is 0 Å². The predicted octanol–water partition coefficient (Wildman–Crippen LogP) is 3.65. The molecule has 7 nitrogen and oxygen atoms in total. The summed E-state index contributed by atoms with van der Waals surface area (Å²) in [4.78, 5) is 18.9. The first-order valence-electron chi connectivity index (χ1n) is 10.2. The van der Waals surface area contributed by atoms with Gasteiger partial charge in [-0.25, -0.2) is 0 Å². The van der Waals surface area contributed by atoms with E-state index in [1.807, 2.05) is 35.8 Å². The average molecular weight is 457 g/mol. The van der Waals surface area contributed by atoms with Gasteiger partial charge in [-0.15, -0.1) is 21.5 Å². The first-order chi connectivity index (χ1) is 14.9. The SMILES string of the molecule is Cc1sc2c(c1C)C(c1ccc(Cl)cc1)=N[C@@H](CC(=O)NCCCN)c1nnc(C)n1-2. The van der Waals surface area contributed by atoms with Gasteiger partial charge in [0.25, 0.3) is 0 Å². The average Bonchev–Trinajstić information content (AvgIpc) is 3.21. The highest BCUT2D eigenvalue weighted by Gasteiger charge is 2.32. The van der Waals surface area contributed by atoms with E-state index in [0.29, 0.717) is 23.9 Å². The zero-order chi connectivity index (χ0) is 22.1. The summed E-state index contributed by atoms with van der Waals surface area (Å²) in [7, 11) is 0. The number of aromatic nitrogens is 3. The lowest BCUT2D eigenvalue weighted by molar-refractivity contribution is -0.121. The highest BCUT2D eigenvalue weighted by atomic mass is 35.5. The molecule has 0 spiro atoms. The third-order valence-corrected chi connectivity index (χ3v) is 6.88. The number of rotatable bonds is 6. The van der Waals surface area contributed by atoms with E-state index in [-0.39, 0.29) is 12.3 Å². The van der Waals surface area contributed by atoms with E-state index in [1.165, 1.54) is 10.4 Å². The van der Waals surface area contributed by atoms with Gasteiger partial charge in [0, 0.05) is 27.6 Å². The molecule has 0 bridgehead atoms. The van der Waals surface area contributed by atoms with E-state index >= 15 is 0 Å². The minimum absolute atomic E-state index is 0.0805. The Balaban J connectivity index is 1.85. The third kappa shape index (κ3) is 4.15. The summed E-state index contributed by atoms with van der Waals surface area (Å²) in [5.74, 6) is 1.37. The van der Waals surface area contributed by atoms with Crippen molar-refractivity contribution in [2.24, 2.45) is 10.7 Å². The molecule has 1 atom stereocenters. The topological polar surface area (TPSA) is 98.2 Å². The van der Waals surface area contributed by atoms with Gasteiger partial charge in [0.2, 0.25) is 5.91 Å². The van der Waals surface area contributed by atoms with Crippen LogP contribution in [-0.4, -0.2) is 39.5 Å². The molecule has 162 valence electrons. The normalized spacial score (nSPS) is 15.1. The van der Waals surface area contributed by atoms with Crippen molar-refractivity contribution in [3.63, 3.8) is 0 Å². The second-order valence-electron chi connectivity index (χ2n) is 7.60. The number of amides is 1. The number of carbonyl (C=O) groups excluding carboxylic acids is 1. The summed E-state index contributed by atoms with van der Waals surface area (Å²) in [5.41, 5.74) is 9.56. The van der Waals surface area contributed by atoms with Crippen LogP contribution in [0.1, 0.15) is 52.1 Å². The van der Waals surface area contributed by atoms with Gasteiger partial charge in [-0.3, -0.25) is 14.4 Å². The lowest BCUT2D eigenvalue weighted by atomic mass is 9.99. The molecule has 1 aliphatic heterocycles. The predicted molar refractivity (Wildman–Crippen MR) is 125 cm³/mol. The summed E-state index contributed by atoms with van der Waals surface area (Å²) < 4.78 is 2.05. The van der Waals surface area contributed by atoms with Crippen molar-refractivity contribution in [3.8, 4) is 5.00 Å². The molecule has 3 N–H and O–H groups in total. The standard InChI is InChI=1S/C22H25ClN6OS/c1-12-13(2)31-22-19(12)20(15-5-7-16(23)8-6-15)26-17(11-18(30)25-10-4-9-24)21-28-27-14(3)29(21)22/h5-8,17H,4,9-11,24H2,1-3H3,(H,25,30)/t17-/m0/s1. The maximum Gasteiger partial charge on any atom is 0.222 e. The Hall–Kier alpha value is -2.55. The Labute approximate surface area is 190 Å². The van der Waals surface area contributed by atoms with Gasteiger partial charge in [0.05, 0.1) is 12.1 Å². The molecule has 0 radical (unpaired) electrons. The van der Waals surface area contributed by atoms with Crippen LogP contribution in [0, 0.1) is 20.8 Å². The molecule has 0 fully saturated rings. The number of hydrogen-bond acceptors (Lipinski definition) is 6. The molecule has 0 aliphatic carbocycles. The Morgan fingerprint density at radius 3 is 2.68 bits per heavy atom. The second kappa shape index (κ2) is 8.90. The molecule has 3 heterocycles. The van der Waals surface area contributed by atoms with Crippen LogP contribution in [0.3, 0.4) is 0 Å². The molecule has 3 aromatic rings. The number of aliphatic imine (C=N–C) groups is 1. The summed E-state index contributed by atoms with van der Waals surface area (Å²) in [6, 6.07) is 7.20. The molecule has 0 unspecified atom stereocenters. The number of thiophene rings is 1. The van der Waals surface area contributed by atoms with Crippen molar-refractivity contribution in [1.82, 2.24) is 20.1 Å². The number of halogens is 1. The maximum atomic E-state index is 12.6. The van der Waals surface area contributed by atoms with Gasteiger partial charge < -0.3 is 11.1 Å². The van der Waals surface area contributed by atoms with Gasteiger partial charge in [-0.1, -0.05) is 23.7 Å². The minimum Gasteiger partial charge on any atom is -0.356 e. The van der Waals surface area contributed by atoms with E-state index in [4.69, 9.17) is 22.3 Å². The number of nitrogens with one attached hydrogen (secondary N) is 1. The molecule has 2 aromatic heterocycles. The quantitative estimate of drug-likeness (QED) is 0.553. The molecule has 1 aliphatic rings. The van der Waals surface area contributed by atoms with Crippen molar-refractivity contribution in [2.75, 3.05) is 13.1 Å². The fourth-order valence-electron chi connectivity index (χ4n) is 3.71. The molecule has 4 rings (SSSR count). The van der Waals surface area contributed by atoms with Gasteiger partial charge in [0.1, 0.15) is 16.9 Å². The monoisotopic (exact) mass is 456 g/mol. The lowest BCUT2D eigenvalue weighted by Crippen LogP contribution is -2.27. The molecule has 31 heavy (non-hydrogen) atoms. The molecule has 0 saturated carbocycles. The van der Waals surface area contributed by atoms with Crippen LogP contribution >= 0.6 is 22.9 Å². The number of hydrogen-bond donors (Lipinski definition) is 2. The number of nitrogens with two attached hydrogens (primary N) is 1. The Bertz CT molecular complexity index is 1150. The first kappa shape index (κ1) is 21.7. The van der Waals surface area contributed by atoms with E-state index in [2.05, 4.69) is 29.4 Å². The number of nitrogens with zero attached hydrogens (tertiary/aromatic N) is 4. The minimum atomic E-state index is -0.455. The molecular weight excluding hydrogens is 432 g/mol. The molecule has 9 heteroatoms. The number of fused-ring (bicyclic) bond motifs is 3. The molecule has 1 aromatic carbocycles. The van der Waals surface area contributed by atoms with Gasteiger partial charge in [0.15, 0.2) is 5.82 Å². The Morgan fingerprint density at radius 2 is 1.97 bits per heavy atom. The molecule has 0 saturated heterocycles. The van der Waals surface area contributed by atoms with Crippen molar-refractivity contribution >= 4 is 34.6 Å². The summed E-state index contributed by atoms with van der Waals surface area (Å²) in [5, 5.41) is 13.4. The van der Waals surface area contributed by atoms with Gasteiger partial charge in [-0.2, -0.15) is 0 Å². The zero-order valence-electron chi connectivity index (χ0n) is 17.8. The van der Waals surface area contributed by atoms with Crippen molar-refractivity contribution in [1.29, 1.82) is 0 Å². The second-order valence-corrected chi connectivity index (χ2v) is 9.24. The fraction of sp³-hybridized carbons (Fsp3) is 0.364. The molecule has 1 amide bonds. The Kier molecular flexibility index (Phi) is 6.22. The van der Waals surface area contributed by atoms with Crippen LogP contribution in [0.15, 0.2) is 29.3 Å². The van der Waals surface area contributed by atoms with Crippen LogP contribution in [0.25, 0.3) is 5.00 Å². The van der Waals surface area contributed by atoms with E-state index in [9.17, 15) is 4.79 Å². The van der Waals surface area contributed by atoms with E-state index in [1.54, 1.807) is 11.3 Å². The fourth-order valence-corrected chi connectivity index (χ4v) is 5.05. The highest BCUT2D eigenvalue weighted by Crippen LogP contribution is 2.39. The lowest BCUT2D eigenvalue weighted by Gasteiger charge is -2.13. The maximum absolute atomic E-state index is 12.6.